The van der Waals surface area contributed by atoms with E-state index in [1.165, 1.54) is 6.07 Å². The van der Waals surface area contributed by atoms with Crippen LogP contribution in [-0.4, -0.2) is 24.5 Å². The average Bonchev–Trinajstić information content (AvgIpc) is 2.64. The number of hydrogen-bond acceptors (Lipinski definition) is 3. The van der Waals surface area contributed by atoms with Crippen molar-refractivity contribution in [3.05, 3.63) is 24.0 Å². The van der Waals surface area contributed by atoms with Gasteiger partial charge in [-0.3, -0.25) is 4.79 Å². The fraction of sp³-hybridized carbons (Fsp3) is 0.533. The highest BCUT2D eigenvalue weighted by Crippen LogP contribution is 2.38. The zero-order valence-corrected chi connectivity index (χ0v) is 11.1. The molecule has 0 aliphatic carbocycles. The molecule has 0 saturated carbocycles. The second-order valence-corrected chi connectivity index (χ2v) is 5.29. The molecule has 102 valence electrons. The van der Waals surface area contributed by atoms with E-state index in [1.807, 2.05) is 13.0 Å². The molecular weight excluding hydrogens is 245 g/mol. The lowest BCUT2D eigenvalue weighted by Crippen LogP contribution is -2.43. The van der Waals surface area contributed by atoms with E-state index >= 15 is 0 Å². The minimum atomic E-state index is -0.323. The monoisotopic (exact) mass is 263 g/mol. The zero-order chi connectivity index (χ0) is 13.4. The molecule has 2 aliphatic heterocycles. The topological polar surface area (TPSA) is 29.5 Å². The predicted octanol–water partition coefficient (Wildman–Crippen LogP) is 2.92. The quantitative estimate of drug-likeness (QED) is 0.839. The molecule has 1 aromatic rings. The highest BCUT2D eigenvalue weighted by molar-refractivity contribution is 5.83. The number of benzene rings is 1. The van der Waals surface area contributed by atoms with Gasteiger partial charge in [0.05, 0.1) is 6.61 Å². The largest absolute Gasteiger partial charge is 0.491 e. The Morgan fingerprint density at radius 3 is 2.58 bits per heavy atom. The Morgan fingerprint density at radius 2 is 2.00 bits per heavy atom. The Morgan fingerprint density at radius 1 is 1.32 bits per heavy atom. The fourth-order valence-electron chi connectivity index (χ4n) is 3.32. The van der Waals surface area contributed by atoms with Gasteiger partial charge in [-0.1, -0.05) is 0 Å². The van der Waals surface area contributed by atoms with E-state index < -0.39 is 0 Å². The summed E-state index contributed by atoms with van der Waals surface area (Å²) in [4.78, 5) is 13.8. The van der Waals surface area contributed by atoms with Crippen molar-refractivity contribution >= 4 is 11.5 Å². The number of Topliss-reactive ketones (excluding diaryl/α,β-unsaturated/α-hetero) is 1. The Labute approximate surface area is 112 Å². The van der Waals surface area contributed by atoms with Crippen LogP contribution < -0.4 is 9.64 Å². The molecule has 2 atom stereocenters. The van der Waals surface area contributed by atoms with Crippen LogP contribution in [0.5, 0.6) is 5.75 Å². The number of fused-ring (bicyclic) bond motifs is 2. The van der Waals surface area contributed by atoms with Crippen molar-refractivity contribution < 1.29 is 13.9 Å². The third-order valence-electron chi connectivity index (χ3n) is 4.06. The molecule has 0 radical (unpaired) electrons. The first-order valence-corrected chi connectivity index (χ1v) is 6.91. The molecule has 2 fully saturated rings. The molecule has 1 aromatic carbocycles. The van der Waals surface area contributed by atoms with Crippen molar-refractivity contribution in [3.8, 4) is 5.75 Å². The van der Waals surface area contributed by atoms with Crippen LogP contribution in [-0.2, 0) is 4.79 Å². The van der Waals surface area contributed by atoms with Crippen LogP contribution in [0.2, 0.25) is 0 Å². The van der Waals surface area contributed by atoms with Gasteiger partial charge in [0.2, 0.25) is 0 Å². The van der Waals surface area contributed by atoms with E-state index in [1.54, 1.807) is 6.07 Å². The number of halogens is 1. The zero-order valence-electron chi connectivity index (χ0n) is 11.1. The van der Waals surface area contributed by atoms with Gasteiger partial charge < -0.3 is 9.64 Å². The van der Waals surface area contributed by atoms with Gasteiger partial charge >= 0.3 is 0 Å². The molecule has 3 rings (SSSR count). The predicted molar refractivity (Wildman–Crippen MR) is 71.1 cm³/mol. The van der Waals surface area contributed by atoms with Gasteiger partial charge in [-0.05, 0) is 31.9 Å². The summed E-state index contributed by atoms with van der Waals surface area (Å²) < 4.78 is 19.1. The maximum absolute atomic E-state index is 13.9. The number of piperidine rings is 1. The first kappa shape index (κ1) is 12.5. The van der Waals surface area contributed by atoms with Crippen molar-refractivity contribution in [2.24, 2.45) is 0 Å². The Hall–Kier alpha value is -1.58. The Bertz CT molecular complexity index is 487. The molecule has 0 spiro atoms. The van der Waals surface area contributed by atoms with Gasteiger partial charge in [0.1, 0.15) is 5.78 Å². The smallest absolute Gasteiger partial charge is 0.167 e. The number of nitrogens with zero attached hydrogens (tertiary/aromatic N) is 1. The van der Waals surface area contributed by atoms with E-state index in [0.29, 0.717) is 31.0 Å². The minimum Gasteiger partial charge on any atom is -0.491 e. The van der Waals surface area contributed by atoms with Crippen LogP contribution in [0.15, 0.2) is 18.2 Å². The van der Waals surface area contributed by atoms with Crippen molar-refractivity contribution in [1.82, 2.24) is 0 Å². The average molecular weight is 263 g/mol. The third kappa shape index (κ3) is 2.20. The lowest BCUT2D eigenvalue weighted by atomic mass is 10.0. The molecule has 2 bridgehead atoms. The molecule has 3 nitrogen and oxygen atoms in total. The van der Waals surface area contributed by atoms with E-state index in [-0.39, 0.29) is 17.9 Å². The standard InChI is InChI=1S/C15H18FNO2/c1-2-19-15-6-5-12(9-14(15)16)17-10-3-4-11(17)8-13(18)7-10/h5-6,9-11H,2-4,7-8H2,1H3. The Balaban J connectivity index is 1.87. The molecular formula is C15H18FNO2. The first-order valence-electron chi connectivity index (χ1n) is 6.91. The molecule has 2 unspecified atom stereocenters. The summed E-state index contributed by atoms with van der Waals surface area (Å²) in [6.07, 6.45) is 3.27. The van der Waals surface area contributed by atoms with E-state index in [0.717, 1.165) is 18.5 Å². The van der Waals surface area contributed by atoms with Crippen molar-refractivity contribution in [1.29, 1.82) is 0 Å². The SMILES string of the molecule is CCOc1ccc(N2C3CCC2CC(=O)C3)cc1F. The lowest BCUT2D eigenvalue weighted by molar-refractivity contribution is -0.120. The molecule has 4 heteroatoms. The van der Waals surface area contributed by atoms with Gasteiger partial charge in [0.25, 0.3) is 0 Å². The molecule has 0 N–H and O–H groups in total. The van der Waals surface area contributed by atoms with Crippen LogP contribution >= 0.6 is 0 Å². The number of carbonyl (C=O) groups excluding carboxylic acids is 1. The van der Waals surface area contributed by atoms with Gasteiger partial charge in [-0.2, -0.15) is 0 Å². The van der Waals surface area contributed by atoms with E-state index in [4.69, 9.17) is 4.74 Å². The Kier molecular flexibility index (Phi) is 3.17. The van der Waals surface area contributed by atoms with Crippen LogP contribution in [0.1, 0.15) is 32.6 Å². The van der Waals surface area contributed by atoms with Crippen molar-refractivity contribution in [2.75, 3.05) is 11.5 Å². The number of ether oxygens (including phenoxy) is 1. The molecule has 2 heterocycles. The summed E-state index contributed by atoms with van der Waals surface area (Å²) in [5.74, 6) is 0.317. The summed E-state index contributed by atoms with van der Waals surface area (Å²) in [7, 11) is 0. The van der Waals surface area contributed by atoms with Crippen LogP contribution in [0.4, 0.5) is 10.1 Å². The maximum atomic E-state index is 13.9. The minimum absolute atomic E-state index is 0.253. The molecule has 0 aromatic heterocycles. The second-order valence-electron chi connectivity index (χ2n) is 5.29. The van der Waals surface area contributed by atoms with Gasteiger partial charge in [0.15, 0.2) is 11.6 Å². The van der Waals surface area contributed by atoms with E-state index in [2.05, 4.69) is 4.90 Å². The van der Waals surface area contributed by atoms with Gasteiger partial charge in [0, 0.05) is 36.7 Å². The molecule has 2 saturated heterocycles. The summed E-state index contributed by atoms with van der Waals surface area (Å²) in [6.45, 7) is 2.30. The highest BCUT2D eigenvalue weighted by Gasteiger charge is 2.40. The van der Waals surface area contributed by atoms with Crippen molar-refractivity contribution in [3.63, 3.8) is 0 Å². The van der Waals surface area contributed by atoms with Crippen LogP contribution in [0.25, 0.3) is 0 Å². The molecule has 2 aliphatic rings. The second kappa shape index (κ2) is 4.83. The van der Waals surface area contributed by atoms with Crippen LogP contribution in [0, 0.1) is 5.82 Å². The molecule has 0 amide bonds. The van der Waals surface area contributed by atoms with Gasteiger partial charge in [-0.25, -0.2) is 4.39 Å². The molecule has 19 heavy (non-hydrogen) atoms. The summed E-state index contributed by atoms with van der Waals surface area (Å²) in [6, 6.07) is 5.62. The fourth-order valence-corrected chi connectivity index (χ4v) is 3.32. The van der Waals surface area contributed by atoms with Gasteiger partial charge in [-0.15, -0.1) is 0 Å². The first-order chi connectivity index (χ1) is 9.19. The van der Waals surface area contributed by atoms with Crippen molar-refractivity contribution in [2.45, 2.75) is 44.7 Å². The number of ketones is 1. The van der Waals surface area contributed by atoms with E-state index in [9.17, 15) is 9.18 Å². The summed E-state index contributed by atoms with van der Waals surface area (Å²) in [5.41, 5.74) is 0.876. The maximum Gasteiger partial charge on any atom is 0.167 e. The number of rotatable bonds is 3. The normalized spacial score (nSPS) is 25.8. The summed E-state index contributed by atoms with van der Waals surface area (Å²) >= 11 is 0. The summed E-state index contributed by atoms with van der Waals surface area (Å²) in [5, 5.41) is 0. The lowest BCUT2D eigenvalue weighted by Gasteiger charge is -2.36. The number of hydrogen-bond donors (Lipinski definition) is 0. The highest BCUT2D eigenvalue weighted by atomic mass is 19.1. The number of carbonyl (C=O) groups is 1. The number of anilines is 1. The third-order valence-corrected chi connectivity index (χ3v) is 4.06. The van der Waals surface area contributed by atoms with Crippen LogP contribution in [0.3, 0.4) is 0 Å².